The van der Waals surface area contributed by atoms with Crippen LogP contribution in [0.3, 0.4) is 0 Å². The fourth-order valence-electron chi connectivity index (χ4n) is 4.18. The minimum atomic E-state index is -3.98. The van der Waals surface area contributed by atoms with Crippen molar-refractivity contribution in [2.45, 2.75) is 147 Å². The number of hydrogen-bond acceptors (Lipinski definition) is 6. The van der Waals surface area contributed by atoms with Crippen molar-refractivity contribution in [3.63, 3.8) is 0 Å². The van der Waals surface area contributed by atoms with Crippen LogP contribution in [0.5, 0.6) is 0 Å². The van der Waals surface area contributed by atoms with Gasteiger partial charge in [0, 0.05) is 5.75 Å². The van der Waals surface area contributed by atoms with Crippen LogP contribution in [-0.2, 0) is 24.4 Å². The predicted octanol–water partition coefficient (Wildman–Crippen LogP) is 5.77. The van der Waals surface area contributed by atoms with Crippen LogP contribution in [0.1, 0.15) is 142 Å². The fraction of sp³-hybridized carbons (Fsp3) is 0.800. The SMILES string of the molecule is CCCCCCCCCCCCOS(=O)(=O)c1ccccc1.CCCCCCCCCCCCS(=O)(=O)[O-].[Na+]. The molecule has 0 bridgehead atoms. The molecule has 0 saturated heterocycles. The molecule has 0 aliphatic carbocycles. The van der Waals surface area contributed by atoms with Crippen LogP contribution in [0, 0.1) is 0 Å². The molecular weight excluding hydrogens is 543 g/mol. The van der Waals surface area contributed by atoms with Gasteiger partial charge in [-0.1, -0.05) is 148 Å². The molecule has 224 valence electrons. The Kier molecular flexibility index (Phi) is 29.7. The molecule has 0 fully saturated rings. The zero-order chi connectivity index (χ0) is 28.4. The quantitative estimate of drug-likeness (QED) is 0.0648. The summed E-state index contributed by atoms with van der Waals surface area (Å²) >= 11 is 0. The third kappa shape index (κ3) is 29.3. The third-order valence-electron chi connectivity index (χ3n) is 6.52. The van der Waals surface area contributed by atoms with Gasteiger partial charge in [0.15, 0.2) is 0 Å². The second kappa shape index (κ2) is 28.2. The molecule has 0 amide bonds. The molecule has 0 aliphatic heterocycles. The Morgan fingerprint density at radius 1 is 0.564 bits per heavy atom. The predicted molar refractivity (Wildman–Crippen MR) is 158 cm³/mol. The zero-order valence-corrected chi connectivity index (χ0v) is 28.8. The molecule has 0 N–H and O–H groups in total. The van der Waals surface area contributed by atoms with Gasteiger partial charge in [-0.15, -0.1) is 0 Å². The molecule has 0 aliphatic rings. The van der Waals surface area contributed by atoms with E-state index in [1.54, 1.807) is 30.3 Å². The minimum absolute atomic E-state index is 0. The van der Waals surface area contributed by atoms with Gasteiger partial charge in [0.2, 0.25) is 0 Å². The maximum atomic E-state index is 11.9. The third-order valence-corrected chi connectivity index (χ3v) is 8.63. The maximum absolute atomic E-state index is 11.9. The summed E-state index contributed by atoms with van der Waals surface area (Å²) in [5, 5.41) is 0. The smallest absolute Gasteiger partial charge is 0.748 e. The zero-order valence-electron chi connectivity index (χ0n) is 25.2. The van der Waals surface area contributed by atoms with E-state index in [0.29, 0.717) is 6.42 Å². The molecule has 1 aromatic rings. The summed E-state index contributed by atoms with van der Waals surface area (Å²) in [5.74, 6) is -0.191. The first-order chi connectivity index (χ1) is 18.2. The Bertz CT molecular complexity index is 845. The van der Waals surface area contributed by atoms with E-state index < -0.39 is 20.2 Å². The number of benzene rings is 1. The van der Waals surface area contributed by atoms with E-state index >= 15 is 0 Å². The molecule has 9 heteroatoms. The summed E-state index contributed by atoms with van der Waals surface area (Å²) < 4.78 is 59.7. The number of unbranched alkanes of at least 4 members (excludes halogenated alkanes) is 18. The largest absolute Gasteiger partial charge is 1.00 e. The van der Waals surface area contributed by atoms with Crippen molar-refractivity contribution in [2.75, 3.05) is 12.4 Å². The van der Waals surface area contributed by atoms with Crippen LogP contribution in [-0.4, -0.2) is 33.7 Å². The topological polar surface area (TPSA) is 101 Å². The summed E-state index contributed by atoms with van der Waals surface area (Å²) in [7, 11) is -7.55. The van der Waals surface area contributed by atoms with Crippen molar-refractivity contribution in [1.82, 2.24) is 0 Å². The maximum Gasteiger partial charge on any atom is 1.00 e. The number of hydrogen-bond donors (Lipinski definition) is 0. The summed E-state index contributed by atoms with van der Waals surface area (Å²) in [6, 6.07) is 8.33. The summed E-state index contributed by atoms with van der Waals surface area (Å²) in [5.41, 5.74) is 0. The minimum Gasteiger partial charge on any atom is -0.748 e. The van der Waals surface area contributed by atoms with Gasteiger partial charge < -0.3 is 4.55 Å². The molecule has 0 spiro atoms. The summed E-state index contributed by atoms with van der Waals surface area (Å²) in [6.45, 7) is 4.73. The van der Waals surface area contributed by atoms with E-state index in [1.165, 1.54) is 96.3 Å². The van der Waals surface area contributed by atoms with E-state index in [0.717, 1.165) is 25.7 Å². The van der Waals surface area contributed by atoms with E-state index in [1.807, 2.05) is 0 Å². The van der Waals surface area contributed by atoms with Crippen molar-refractivity contribution in [3.8, 4) is 0 Å². The molecule has 1 rings (SSSR count). The van der Waals surface area contributed by atoms with Crippen molar-refractivity contribution in [3.05, 3.63) is 30.3 Å². The molecule has 0 heterocycles. The Labute approximate surface area is 263 Å². The van der Waals surface area contributed by atoms with E-state index in [-0.39, 0.29) is 46.8 Å². The first kappa shape index (κ1) is 41.2. The van der Waals surface area contributed by atoms with Gasteiger partial charge in [-0.05, 0) is 25.0 Å². The first-order valence-corrected chi connectivity index (χ1v) is 18.1. The Morgan fingerprint density at radius 3 is 1.31 bits per heavy atom. The van der Waals surface area contributed by atoms with Gasteiger partial charge in [0.25, 0.3) is 10.1 Å². The van der Waals surface area contributed by atoms with Gasteiger partial charge in [-0.25, -0.2) is 8.42 Å². The summed E-state index contributed by atoms with van der Waals surface area (Å²) in [4.78, 5) is 0.238. The van der Waals surface area contributed by atoms with Gasteiger partial charge in [-0.3, -0.25) is 4.18 Å². The fourth-order valence-corrected chi connectivity index (χ4v) is 5.70. The Hall–Kier alpha value is 0.0400. The van der Waals surface area contributed by atoms with Crippen molar-refractivity contribution in [2.24, 2.45) is 0 Å². The van der Waals surface area contributed by atoms with E-state index in [2.05, 4.69) is 13.8 Å². The second-order valence-corrected chi connectivity index (χ2v) is 13.4. The van der Waals surface area contributed by atoms with Crippen molar-refractivity contribution >= 4 is 20.2 Å². The van der Waals surface area contributed by atoms with Gasteiger partial charge >= 0.3 is 29.6 Å². The second-order valence-electron chi connectivity index (χ2n) is 10.2. The molecular formula is C30H55NaO6S2. The molecule has 6 nitrogen and oxygen atoms in total. The van der Waals surface area contributed by atoms with E-state index in [4.69, 9.17) is 4.18 Å². The van der Waals surface area contributed by atoms with Crippen molar-refractivity contribution in [1.29, 1.82) is 0 Å². The van der Waals surface area contributed by atoms with Crippen LogP contribution in [0.15, 0.2) is 35.2 Å². The number of rotatable bonds is 24. The average Bonchev–Trinajstić information content (AvgIpc) is 2.88. The first-order valence-electron chi connectivity index (χ1n) is 15.1. The van der Waals surface area contributed by atoms with Crippen molar-refractivity contribution < 1.29 is 55.1 Å². The van der Waals surface area contributed by atoms with Crippen LogP contribution >= 0.6 is 0 Å². The molecule has 1 aromatic carbocycles. The molecule has 39 heavy (non-hydrogen) atoms. The molecule has 0 unspecified atom stereocenters. The van der Waals surface area contributed by atoms with Gasteiger partial charge in [0.05, 0.1) is 21.6 Å². The van der Waals surface area contributed by atoms with Crippen LogP contribution in [0.4, 0.5) is 0 Å². The Balaban J connectivity index is 0. The summed E-state index contributed by atoms with van der Waals surface area (Å²) in [6.07, 6.45) is 23.7. The molecule has 0 atom stereocenters. The van der Waals surface area contributed by atoms with Crippen LogP contribution < -0.4 is 29.6 Å². The average molecular weight is 599 g/mol. The van der Waals surface area contributed by atoms with E-state index in [9.17, 15) is 21.4 Å². The monoisotopic (exact) mass is 598 g/mol. The van der Waals surface area contributed by atoms with Crippen LogP contribution in [0.2, 0.25) is 0 Å². The molecule has 0 radical (unpaired) electrons. The van der Waals surface area contributed by atoms with Gasteiger partial charge in [0.1, 0.15) is 0 Å². The van der Waals surface area contributed by atoms with Crippen LogP contribution in [0.25, 0.3) is 0 Å². The Morgan fingerprint density at radius 2 is 0.923 bits per heavy atom. The molecule has 0 saturated carbocycles. The molecule has 0 aromatic heterocycles. The standard InChI is InChI=1S/C18H30O3S.C12H26O3S.Na/c1-2-3-4-5-6-7-8-9-10-14-17-21-22(19,20)18-15-12-11-13-16-18;1-2-3-4-5-6-7-8-9-10-11-12-16(13,14)15;/h11-13,15-16H,2-10,14,17H2,1H3;2-12H2,1H3,(H,13,14,15);/q;;+1/p-1. The van der Waals surface area contributed by atoms with Gasteiger partial charge in [-0.2, -0.15) is 8.42 Å². The normalized spacial score (nSPS) is 11.5.